The van der Waals surface area contributed by atoms with Crippen molar-refractivity contribution in [3.05, 3.63) is 66.6 Å². The number of anilines is 1. The molecule has 4 heteroatoms. The molecule has 0 fully saturated rings. The molecule has 2 atom stereocenters. The molecule has 0 radical (unpaired) electrons. The molecular formula is C22H23N3O. The van der Waals surface area contributed by atoms with E-state index in [1.807, 2.05) is 55.0 Å². The number of rotatable bonds is 4. The molecule has 0 saturated carbocycles. The first-order valence-electron chi connectivity index (χ1n) is 9.17. The fraction of sp³-hybridized carbons (Fsp3) is 0.273. The van der Waals surface area contributed by atoms with Gasteiger partial charge < -0.3 is 9.72 Å². The van der Waals surface area contributed by atoms with Crippen LogP contribution in [0, 0.1) is 18.8 Å². The molecule has 1 N–H and O–H groups in total. The molecule has 1 aliphatic carbocycles. The Labute approximate surface area is 153 Å². The summed E-state index contributed by atoms with van der Waals surface area (Å²) in [6.07, 6.45) is 12.1. The van der Waals surface area contributed by atoms with E-state index in [4.69, 9.17) is 0 Å². The summed E-state index contributed by atoms with van der Waals surface area (Å²) in [4.78, 5) is 17.3. The number of nitrogens with one attached hydrogen (secondary N) is 1. The number of fused-ring (bicyclic) bond motifs is 1. The number of aromatic nitrogens is 2. The van der Waals surface area contributed by atoms with E-state index in [2.05, 4.69) is 34.6 Å². The van der Waals surface area contributed by atoms with Gasteiger partial charge in [-0.3, -0.25) is 9.78 Å². The molecular weight excluding hydrogens is 322 g/mol. The third-order valence-corrected chi connectivity index (χ3v) is 5.31. The van der Waals surface area contributed by atoms with Gasteiger partial charge in [0.2, 0.25) is 5.91 Å². The Bertz CT molecular complexity index is 986. The second-order valence-corrected chi connectivity index (χ2v) is 6.99. The van der Waals surface area contributed by atoms with Crippen LogP contribution in [0.2, 0.25) is 0 Å². The van der Waals surface area contributed by atoms with Crippen LogP contribution in [0.5, 0.6) is 0 Å². The summed E-state index contributed by atoms with van der Waals surface area (Å²) in [5, 5.41) is 3.09. The minimum absolute atomic E-state index is 0.0286. The van der Waals surface area contributed by atoms with Crippen molar-refractivity contribution >= 4 is 17.1 Å². The number of hydrogen-bond acceptors (Lipinski definition) is 2. The molecule has 0 bridgehead atoms. The van der Waals surface area contributed by atoms with Crippen LogP contribution in [0.3, 0.4) is 0 Å². The van der Waals surface area contributed by atoms with Crippen LogP contribution < -0.4 is 5.32 Å². The Hall–Kier alpha value is -2.88. The predicted octanol–water partition coefficient (Wildman–Crippen LogP) is 4.85. The number of allylic oxidation sites excluding steroid dienone is 1. The molecule has 1 aliphatic rings. The van der Waals surface area contributed by atoms with Gasteiger partial charge in [-0.05, 0) is 49.1 Å². The molecule has 2 unspecified atom stereocenters. The van der Waals surface area contributed by atoms with Crippen molar-refractivity contribution in [2.24, 2.45) is 11.8 Å². The maximum absolute atomic E-state index is 12.7. The summed E-state index contributed by atoms with van der Waals surface area (Å²) >= 11 is 0. The zero-order chi connectivity index (χ0) is 18.1. The van der Waals surface area contributed by atoms with E-state index in [1.54, 1.807) is 0 Å². The quantitative estimate of drug-likeness (QED) is 0.687. The molecule has 0 aliphatic heterocycles. The standard InChI is InChI=1S/C22H23N3O/c1-3-16-6-4-8-19(16)22(26)24-17-10-9-15(2)20(12-17)21-14-25-11-5-7-18(25)13-23-21/h4-5,7-14,16,19H,3,6H2,1-2H3,(H,24,26). The molecule has 0 spiro atoms. The number of hydrogen-bond donors (Lipinski definition) is 1. The van der Waals surface area contributed by atoms with E-state index in [0.717, 1.165) is 40.9 Å². The first kappa shape index (κ1) is 16.6. The highest BCUT2D eigenvalue weighted by Gasteiger charge is 2.27. The van der Waals surface area contributed by atoms with E-state index in [1.165, 1.54) is 0 Å². The van der Waals surface area contributed by atoms with E-state index in [9.17, 15) is 4.79 Å². The van der Waals surface area contributed by atoms with Crippen LogP contribution in [-0.2, 0) is 4.79 Å². The summed E-state index contributed by atoms with van der Waals surface area (Å²) in [6.45, 7) is 4.21. The van der Waals surface area contributed by atoms with Gasteiger partial charge in [0, 0.05) is 23.6 Å². The van der Waals surface area contributed by atoms with Gasteiger partial charge in [-0.25, -0.2) is 0 Å². The van der Waals surface area contributed by atoms with Crippen LogP contribution in [0.15, 0.2) is 61.1 Å². The zero-order valence-corrected chi connectivity index (χ0v) is 15.1. The minimum atomic E-state index is -0.0286. The van der Waals surface area contributed by atoms with Crippen molar-refractivity contribution in [3.8, 4) is 11.3 Å². The molecule has 26 heavy (non-hydrogen) atoms. The van der Waals surface area contributed by atoms with Crippen LogP contribution in [0.25, 0.3) is 16.8 Å². The van der Waals surface area contributed by atoms with Crippen LogP contribution in [0.4, 0.5) is 5.69 Å². The van der Waals surface area contributed by atoms with Gasteiger partial charge in [0.05, 0.1) is 23.3 Å². The normalized spacial score (nSPS) is 19.2. The Morgan fingerprint density at radius 2 is 2.23 bits per heavy atom. The van der Waals surface area contributed by atoms with Gasteiger partial charge in [0.25, 0.3) is 0 Å². The summed E-state index contributed by atoms with van der Waals surface area (Å²) in [6, 6.07) is 10.0. The Morgan fingerprint density at radius 1 is 1.35 bits per heavy atom. The lowest BCUT2D eigenvalue weighted by atomic mass is 9.92. The largest absolute Gasteiger partial charge is 0.326 e. The lowest BCUT2D eigenvalue weighted by Gasteiger charge is -2.18. The van der Waals surface area contributed by atoms with Crippen molar-refractivity contribution < 1.29 is 4.79 Å². The topological polar surface area (TPSA) is 46.4 Å². The molecule has 2 aromatic heterocycles. The van der Waals surface area contributed by atoms with Gasteiger partial charge in [0.1, 0.15) is 0 Å². The summed E-state index contributed by atoms with van der Waals surface area (Å²) in [5.74, 6) is 0.464. The minimum Gasteiger partial charge on any atom is -0.326 e. The molecule has 0 saturated heterocycles. The maximum atomic E-state index is 12.7. The number of carbonyl (C=O) groups excluding carboxylic acids is 1. The monoisotopic (exact) mass is 345 g/mol. The molecule has 3 aromatic rings. The van der Waals surface area contributed by atoms with Crippen molar-refractivity contribution in [2.45, 2.75) is 26.7 Å². The predicted molar refractivity (Wildman–Crippen MR) is 105 cm³/mol. The second-order valence-electron chi connectivity index (χ2n) is 6.99. The van der Waals surface area contributed by atoms with E-state index in [-0.39, 0.29) is 11.8 Å². The van der Waals surface area contributed by atoms with Gasteiger partial charge >= 0.3 is 0 Å². The highest BCUT2D eigenvalue weighted by atomic mass is 16.1. The van der Waals surface area contributed by atoms with Crippen LogP contribution >= 0.6 is 0 Å². The number of carbonyl (C=O) groups is 1. The van der Waals surface area contributed by atoms with Crippen molar-refractivity contribution in [1.29, 1.82) is 0 Å². The second kappa shape index (κ2) is 6.79. The summed E-state index contributed by atoms with van der Waals surface area (Å²) in [7, 11) is 0. The molecule has 4 nitrogen and oxygen atoms in total. The number of amides is 1. The summed E-state index contributed by atoms with van der Waals surface area (Å²) < 4.78 is 2.06. The third-order valence-electron chi connectivity index (χ3n) is 5.31. The molecule has 1 aromatic carbocycles. The van der Waals surface area contributed by atoms with E-state index >= 15 is 0 Å². The Balaban J connectivity index is 1.61. The number of benzene rings is 1. The summed E-state index contributed by atoms with van der Waals surface area (Å²) in [5.41, 5.74) is 4.95. The number of aryl methyl sites for hydroxylation is 1. The average Bonchev–Trinajstić information content (AvgIpc) is 3.31. The maximum Gasteiger partial charge on any atom is 0.231 e. The highest BCUT2D eigenvalue weighted by molar-refractivity contribution is 5.94. The van der Waals surface area contributed by atoms with E-state index in [0.29, 0.717) is 5.92 Å². The first-order valence-corrected chi connectivity index (χ1v) is 9.17. The van der Waals surface area contributed by atoms with Gasteiger partial charge in [-0.1, -0.05) is 31.6 Å². The molecule has 2 heterocycles. The van der Waals surface area contributed by atoms with Crippen molar-refractivity contribution in [3.63, 3.8) is 0 Å². The lowest BCUT2D eigenvalue weighted by molar-refractivity contribution is -0.119. The Morgan fingerprint density at radius 3 is 3.08 bits per heavy atom. The SMILES string of the molecule is CCC1CC=CC1C(=O)Nc1ccc(C)c(-c2cn3cccc3cn2)c1. The van der Waals surface area contributed by atoms with Gasteiger partial charge in [-0.2, -0.15) is 0 Å². The van der Waals surface area contributed by atoms with E-state index < -0.39 is 0 Å². The van der Waals surface area contributed by atoms with Crippen molar-refractivity contribution in [1.82, 2.24) is 9.38 Å². The molecule has 132 valence electrons. The molecule has 1 amide bonds. The lowest BCUT2D eigenvalue weighted by Crippen LogP contribution is -2.25. The highest BCUT2D eigenvalue weighted by Crippen LogP contribution is 2.30. The first-order chi connectivity index (χ1) is 12.7. The smallest absolute Gasteiger partial charge is 0.231 e. The number of nitrogens with zero attached hydrogens (tertiary/aromatic N) is 2. The third kappa shape index (κ3) is 3.03. The van der Waals surface area contributed by atoms with Gasteiger partial charge in [0.15, 0.2) is 0 Å². The van der Waals surface area contributed by atoms with Crippen LogP contribution in [-0.4, -0.2) is 15.3 Å². The molecule has 4 rings (SSSR count). The van der Waals surface area contributed by atoms with Crippen LogP contribution in [0.1, 0.15) is 25.3 Å². The Kier molecular flexibility index (Phi) is 4.33. The fourth-order valence-corrected chi connectivity index (χ4v) is 3.70. The average molecular weight is 345 g/mol. The zero-order valence-electron chi connectivity index (χ0n) is 15.1. The van der Waals surface area contributed by atoms with Crippen molar-refractivity contribution in [2.75, 3.05) is 5.32 Å². The fourth-order valence-electron chi connectivity index (χ4n) is 3.70. The van der Waals surface area contributed by atoms with Gasteiger partial charge in [-0.15, -0.1) is 0 Å².